The average Bonchev–Trinajstić information content (AvgIpc) is 2.94. The van der Waals surface area contributed by atoms with Gasteiger partial charge in [-0.05, 0) is 38.5 Å². The Morgan fingerprint density at radius 1 is 1.29 bits per heavy atom. The number of ether oxygens (including phenoxy) is 1. The Morgan fingerprint density at radius 3 is 2.75 bits per heavy atom. The predicted octanol–water partition coefficient (Wildman–Crippen LogP) is 3.54. The zero-order valence-corrected chi connectivity index (χ0v) is 13.7. The number of hydrogen-bond acceptors (Lipinski definition) is 4. The first kappa shape index (κ1) is 15.9. The fourth-order valence-electron chi connectivity index (χ4n) is 2.35. The van der Waals surface area contributed by atoms with Gasteiger partial charge in [-0.1, -0.05) is 5.92 Å². The van der Waals surface area contributed by atoms with Crippen LogP contribution < -0.4 is 4.74 Å². The highest BCUT2D eigenvalue weighted by molar-refractivity contribution is 5.79. The Balaban J connectivity index is 1.99. The number of aromatic amines is 1. The molecule has 0 saturated heterocycles. The largest absolute Gasteiger partial charge is 0.479 e. The minimum Gasteiger partial charge on any atom is -0.479 e. The molecule has 0 unspecified atom stereocenters. The molecule has 3 rings (SSSR count). The fraction of sp³-hybridized carbons (Fsp3) is 0.278. The van der Waals surface area contributed by atoms with Crippen LogP contribution in [0.15, 0.2) is 24.5 Å². The van der Waals surface area contributed by atoms with E-state index in [1.807, 2.05) is 13.0 Å². The van der Waals surface area contributed by atoms with Crippen molar-refractivity contribution in [1.29, 1.82) is 0 Å². The van der Waals surface area contributed by atoms with Gasteiger partial charge in [0.2, 0.25) is 0 Å². The van der Waals surface area contributed by atoms with E-state index in [1.54, 1.807) is 18.5 Å². The maximum Gasteiger partial charge on any atom is 0.157 e. The van der Waals surface area contributed by atoms with Gasteiger partial charge in [0.05, 0.1) is 29.1 Å². The number of hydrogen-bond donors (Lipinski definition) is 1. The molecule has 0 aliphatic rings. The Bertz CT molecular complexity index is 934. The van der Waals surface area contributed by atoms with Crippen LogP contribution >= 0.6 is 0 Å². The highest BCUT2D eigenvalue weighted by Crippen LogP contribution is 2.27. The maximum atomic E-state index is 14.0. The summed E-state index contributed by atoms with van der Waals surface area (Å²) in [6.07, 6.45) is 8.36. The van der Waals surface area contributed by atoms with E-state index in [4.69, 9.17) is 11.2 Å². The molecular formula is C18H17FN4O. The number of fused-ring (bicyclic) bond motifs is 1. The van der Waals surface area contributed by atoms with Crippen LogP contribution in [0.2, 0.25) is 0 Å². The summed E-state index contributed by atoms with van der Waals surface area (Å²) >= 11 is 0. The zero-order valence-electron chi connectivity index (χ0n) is 13.7. The molecule has 1 N–H and O–H groups in total. The smallest absolute Gasteiger partial charge is 0.157 e. The molecule has 3 aromatic heterocycles. The SMILES string of the molecule is C#CCOc1cnc(-c2nc3cc(C(C)(C)F)ncc3[nH]2)c(C)c1. The highest BCUT2D eigenvalue weighted by Gasteiger charge is 2.21. The number of alkyl halides is 1. The number of terminal acetylenes is 1. The first-order valence-corrected chi connectivity index (χ1v) is 7.47. The van der Waals surface area contributed by atoms with Gasteiger partial charge >= 0.3 is 0 Å². The third kappa shape index (κ3) is 3.06. The number of pyridine rings is 2. The van der Waals surface area contributed by atoms with E-state index in [-0.39, 0.29) is 6.61 Å². The van der Waals surface area contributed by atoms with Crippen molar-refractivity contribution >= 4 is 11.0 Å². The van der Waals surface area contributed by atoms with Crippen molar-refractivity contribution in [2.24, 2.45) is 0 Å². The fourth-order valence-corrected chi connectivity index (χ4v) is 2.35. The van der Waals surface area contributed by atoms with Crippen LogP contribution in [0.1, 0.15) is 25.1 Å². The minimum atomic E-state index is -1.52. The second kappa shape index (κ2) is 5.93. The molecule has 3 aromatic rings. The van der Waals surface area contributed by atoms with E-state index in [0.717, 1.165) is 11.1 Å². The van der Waals surface area contributed by atoms with E-state index < -0.39 is 5.67 Å². The summed E-state index contributed by atoms with van der Waals surface area (Å²) in [6.45, 7) is 5.04. The second-order valence-electron chi connectivity index (χ2n) is 5.97. The van der Waals surface area contributed by atoms with Gasteiger partial charge in [0.25, 0.3) is 0 Å². The molecule has 0 aromatic carbocycles. The van der Waals surface area contributed by atoms with Gasteiger partial charge < -0.3 is 9.72 Å². The normalized spacial score (nSPS) is 11.5. The zero-order chi connectivity index (χ0) is 17.3. The van der Waals surface area contributed by atoms with Crippen molar-refractivity contribution < 1.29 is 9.13 Å². The van der Waals surface area contributed by atoms with Gasteiger partial charge in [-0.3, -0.25) is 4.98 Å². The van der Waals surface area contributed by atoms with E-state index in [0.29, 0.717) is 28.5 Å². The van der Waals surface area contributed by atoms with E-state index in [1.165, 1.54) is 13.8 Å². The van der Waals surface area contributed by atoms with Gasteiger partial charge in [-0.15, -0.1) is 6.42 Å². The average molecular weight is 324 g/mol. The summed E-state index contributed by atoms with van der Waals surface area (Å²) in [5.74, 6) is 3.61. The molecule has 5 nitrogen and oxygen atoms in total. The van der Waals surface area contributed by atoms with Crippen molar-refractivity contribution in [3.05, 3.63) is 35.8 Å². The Kier molecular flexibility index (Phi) is 3.94. The van der Waals surface area contributed by atoms with Crippen LogP contribution in [0.3, 0.4) is 0 Å². The lowest BCUT2D eigenvalue weighted by atomic mass is 10.1. The summed E-state index contributed by atoms with van der Waals surface area (Å²) in [5.41, 5.74) is 1.79. The summed E-state index contributed by atoms with van der Waals surface area (Å²) in [6, 6.07) is 3.50. The van der Waals surface area contributed by atoms with Crippen LogP contribution in [-0.4, -0.2) is 26.5 Å². The number of aryl methyl sites for hydroxylation is 1. The van der Waals surface area contributed by atoms with Crippen LogP contribution in [0, 0.1) is 19.3 Å². The molecule has 24 heavy (non-hydrogen) atoms. The highest BCUT2D eigenvalue weighted by atomic mass is 19.1. The molecule has 122 valence electrons. The summed E-state index contributed by atoms with van der Waals surface area (Å²) < 4.78 is 19.4. The lowest BCUT2D eigenvalue weighted by Gasteiger charge is -2.12. The molecule has 0 bridgehead atoms. The number of halogens is 1. The van der Waals surface area contributed by atoms with Crippen molar-refractivity contribution in [1.82, 2.24) is 19.9 Å². The maximum absolute atomic E-state index is 14.0. The van der Waals surface area contributed by atoms with E-state index >= 15 is 0 Å². The summed E-state index contributed by atoms with van der Waals surface area (Å²) in [5, 5.41) is 0. The van der Waals surface area contributed by atoms with Gasteiger partial charge in [0, 0.05) is 0 Å². The van der Waals surface area contributed by atoms with Crippen molar-refractivity contribution in [2.75, 3.05) is 6.61 Å². The van der Waals surface area contributed by atoms with E-state index in [9.17, 15) is 4.39 Å². The Morgan fingerprint density at radius 2 is 2.08 bits per heavy atom. The number of rotatable bonds is 4. The molecule has 0 saturated carbocycles. The minimum absolute atomic E-state index is 0.193. The second-order valence-corrected chi connectivity index (χ2v) is 5.97. The van der Waals surface area contributed by atoms with Crippen LogP contribution in [0.4, 0.5) is 4.39 Å². The molecule has 0 amide bonds. The van der Waals surface area contributed by atoms with Gasteiger partial charge in [0.1, 0.15) is 23.7 Å². The first-order chi connectivity index (χ1) is 11.4. The van der Waals surface area contributed by atoms with Crippen LogP contribution in [0.5, 0.6) is 5.75 Å². The number of nitrogens with zero attached hydrogens (tertiary/aromatic N) is 3. The Labute approximate surface area is 139 Å². The Hall–Kier alpha value is -2.94. The molecule has 0 spiro atoms. The number of nitrogens with one attached hydrogen (secondary N) is 1. The monoisotopic (exact) mass is 324 g/mol. The van der Waals surface area contributed by atoms with Crippen molar-refractivity contribution in [3.63, 3.8) is 0 Å². The molecule has 0 aliphatic carbocycles. The van der Waals surface area contributed by atoms with Crippen LogP contribution in [0.25, 0.3) is 22.6 Å². The third-order valence-electron chi connectivity index (χ3n) is 3.58. The molecule has 0 fully saturated rings. The van der Waals surface area contributed by atoms with Crippen LogP contribution in [-0.2, 0) is 5.67 Å². The lowest BCUT2D eigenvalue weighted by molar-refractivity contribution is 0.214. The molecule has 6 heteroatoms. The van der Waals surface area contributed by atoms with Gasteiger partial charge in [-0.25, -0.2) is 14.4 Å². The molecule has 0 atom stereocenters. The number of H-pyrrole nitrogens is 1. The quantitative estimate of drug-likeness (QED) is 0.746. The summed E-state index contributed by atoms with van der Waals surface area (Å²) in [4.78, 5) is 16.2. The van der Waals surface area contributed by atoms with E-state index in [2.05, 4.69) is 25.9 Å². The standard InChI is InChI=1S/C18H17FN4O/c1-5-6-24-12-7-11(2)16(21-9-12)17-22-13-8-15(18(3,4)19)20-10-14(13)23-17/h1,7-10H,6H2,2-4H3,(H,22,23). The topological polar surface area (TPSA) is 63.7 Å². The molecular weight excluding hydrogens is 307 g/mol. The first-order valence-electron chi connectivity index (χ1n) is 7.47. The molecule has 3 heterocycles. The molecule has 0 aliphatic heterocycles. The summed E-state index contributed by atoms with van der Waals surface area (Å²) in [7, 11) is 0. The van der Waals surface area contributed by atoms with Crippen molar-refractivity contribution in [2.45, 2.75) is 26.4 Å². The van der Waals surface area contributed by atoms with Gasteiger partial charge in [-0.2, -0.15) is 0 Å². The molecule has 0 radical (unpaired) electrons. The van der Waals surface area contributed by atoms with Gasteiger partial charge in [0.15, 0.2) is 5.82 Å². The number of aromatic nitrogens is 4. The number of imidazole rings is 1. The van der Waals surface area contributed by atoms with Crippen molar-refractivity contribution in [3.8, 4) is 29.6 Å². The predicted molar refractivity (Wildman–Crippen MR) is 90.3 cm³/mol. The lowest BCUT2D eigenvalue weighted by Crippen LogP contribution is -2.10. The third-order valence-corrected chi connectivity index (χ3v) is 3.58.